The van der Waals surface area contributed by atoms with Crippen LogP contribution >= 0.6 is 0 Å². The highest BCUT2D eigenvalue weighted by Gasteiger charge is 2.25. The second-order valence-electron chi connectivity index (χ2n) is 5.90. The second kappa shape index (κ2) is 4.59. The first-order valence-corrected chi connectivity index (χ1v) is 6.43. The topological polar surface area (TPSA) is 46.4 Å². The predicted molar refractivity (Wildman–Crippen MR) is 73.2 cm³/mol. The van der Waals surface area contributed by atoms with Gasteiger partial charge in [0, 0.05) is 19.2 Å². The Bertz CT molecular complexity index is 457. The Morgan fingerprint density at radius 1 is 1.22 bits per heavy atom. The summed E-state index contributed by atoms with van der Waals surface area (Å²) < 4.78 is 0. The van der Waals surface area contributed by atoms with E-state index >= 15 is 0 Å². The zero-order chi connectivity index (χ0) is 13.3. The van der Waals surface area contributed by atoms with Crippen molar-refractivity contribution in [3.05, 3.63) is 33.9 Å². The van der Waals surface area contributed by atoms with E-state index in [-0.39, 0.29) is 16.0 Å². The molecule has 0 atom stereocenters. The highest BCUT2D eigenvalue weighted by atomic mass is 16.6. The predicted octanol–water partition coefficient (Wildman–Crippen LogP) is 3.49. The molecule has 4 nitrogen and oxygen atoms in total. The van der Waals surface area contributed by atoms with Crippen molar-refractivity contribution >= 4 is 11.4 Å². The Morgan fingerprint density at radius 3 is 2.33 bits per heavy atom. The zero-order valence-electron chi connectivity index (χ0n) is 11.3. The van der Waals surface area contributed by atoms with Crippen LogP contribution in [0.15, 0.2) is 18.2 Å². The van der Waals surface area contributed by atoms with Gasteiger partial charge in [-0.05, 0) is 29.9 Å². The van der Waals surface area contributed by atoms with Gasteiger partial charge in [0.05, 0.1) is 4.92 Å². The highest BCUT2D eigenvalue weighted by Crippen LogP contribution is 2.35. The minimum Gasteiger partial charge on any atom is -0.366 e. The lowest BCUT2D eigenvalue weighted by Gasteiger charge is -2.22. The van der Waals surface area contributed by atoms with E-state index in [1.165, 1.54) is 0 Å². The van der Waals surface area contributed by atoms with Crippen molar-refractivity contribution in [2.45, 2.75) is 39.0 Å². The first-order chi connectivity index (χ1) is 8.39. The Labute approximate surface area is 108 Å². The van der Waals surface area contributed by atoms with Crippen LogP contribution in [0.2, 0.25) is 0 Å². The fourth-order valence-electron chi connectivity index (χ4n) is 2.36. The van der Waals surface area contributed by atoms with E-state index in [9.17, 15) is 10.1 Å². The molecule has 1 saturated heterocycles. The summed E-state index contributed by atoms with van der Waals surface area (Å²) >= 11 is 0. The van der Waals surface area contributed by atoms with Crippen LogP contribution in [0.25, 0.3) is 0 Å². The van der Waals surface area contributed by atoms with Gasteiger partial charge in [-0.3, -0.25) is 10.1 Å². The first kappa shape index (κ1) is 12.9. The van der Waals surface area contributed by atoms with Gasteiger partial charge in [0.2, 0.25) is 0 Å². The maximum atomic E-state index is 11.2. The van der Waals surface area contributed by atoms with Crippen molar-refractivity contribution in [1.29, 1.82) is 0 Å². The standard InChI is InChI=1S/C14H20N2O2/c1-14(2,3)11-6-7-12(13(10-11)16(17)18)15-8-4-5-9-15/h6-7,10H,4-5,8-9H2,1-3H3. The van der Waals surface area contributed by atoms with Crippen LogP contribution in [-0.4, -0.2) is 18.0 Å². The first-order valence-electron chi connectivity index (χ1n) is 6.43. The molecule has 1 heterocycles. The lowest BCUT2D eigenvalue weighted by Crippen LogP contribution is -2.20. The Balaban J connectivity index is 2.44. The zero-order valence-corrected chi connectivity index (χ0v) is 11.3. The number of nitro benzene ring substituents is 1. The molecule has 1 aromatic rings. The smallest absolute Gasteiger partial charge is 0.292 e. The monoisotopic (exact) mass is 248 g/mol. The van der Waals surface area contributed by atoms with Gasteiger partial charge < -0.3 is 4.90 Å². The number of rotatable bonds is 2. The van der Waals surface area contributed by atoms with Gasteiger partial charge in [0.25, 0.3) is 5.69 Å². The minimum atomic E-state index is -0.261. The third-order valence-corrected chi connectivity index (χ3v) is 3.48. The molecule has 0 N–H and O–H groups in total. The number of nitrogens with zero attached hydrogens (tertiary/aromatic N) is 2. The lowest BCUT2D eigenvalue weighted by molar-refractivity contribution is -0.384. The summed E-state index contributed by atoms with van der Waals surface area (Å²) in [6.45, 7) is 8.07. The second-order valence-corrected chi connectivity index (χ2v) is 5.90. The molecule has 2 rings (SSSR count). The van der Waals surface area contributed by atoms with Crippen LogP contribution in [0.3, 0.4) is 0 Å². The molecule has 1 aliphatic rings. The van der Waals surface area contributed by atoms with E-state index in [1.807, 2.05) is 12.1 Å². The molecule has 0 saturated carbocycles. The molecular weight excluding hydrogens is 228 g/mol. The van der Waals surface area contributed by atoms with Crippen LogP contribution in [0, 0.1) is 10.1 Å². The molecule has 0 radical (unpaired) electrons. The van der Waals surface area contributed by atoms with Crippen molar-refractivity contribution in [2.75, 3.05) is 18.0 Å². The maximum absolute atomic E-state index is 11.2. The molecule has 0 aromatic heterocycles. The summed E-state index contributed by atoms with van der Waals surface area (Å²) in [6.07, 6.45) is 2.25. The van der Waals surface area contributed by atoms with Crippen LogP contribution < -0.4 is 4.90 Å². The van der Waals surface area contributed by atoms with Crippen LogP contribution in [-0.2, 0) is 5.41 Å². The van der Waals surface area contributed by atoms with Crippen LogP contribution in [0.5, 0.6) is 0 Å². The van der Waals surface area contributed by atoms with Gasteiger partial charge in [-0.1, -0.05) is 26.8 Å². The number of nitro groups is 1. The Kier molecular flexibility index (Phi) is 3.28. The van der Waals surface area contributed by atoms with Gasteiger partial charge >= 0.3 is 0 Å². The largest absolute Gasteiger partial charge is 0.366 e. The van der Waals surface area contributed by atoms with Crippen molar-refractivity contribution in [3.8, 4) is 0 Å². The Hall–Kier alpha value is -1.58. The molecule has 0 bridgehead atoms. The number of hydrogen-bond acceptors (Lipinski definition) is 3. The number of hydrogen-bond donors (Lipinski definition) is 0. The van der Waals surface area contributed by atoms with Gasteiger partial charge in [-0.15, -0.1) is 0 Å². The molecule has 1 fully saturated rings. The van der Waals surface area contributed by atoms with Crippen molar-refractivity contribution in [2.24, 2.45) is 0 Å². The summed E-state index contributed by atoms with van der Waals surface area (Å²) in [6, 6.07) is 5.65. The van der Waals surface area contributed by atoms with Gasteiger partial charge in [0.15, 0.2) is 0 Å². The molecule has 0 aliphatic carbocycles. The van der Waals surface area contributed by atoms with E-state index in [0.717, 1.165) is 37.2 Å². The van der Waals surface area contributed by atoms with E-state index in [0.29, 0.717) is 0 Å². The SMILES string of the molecule is CC(C)(C)c1ccc(N2CCCC2)c([N+](=O)[O-])c1. The molecule has 0 unspecified atom stereocenters. The van der Waals surface area contributed by atoms with E-state index in [2.05, 4.69) is 25.7 Å². The fourth-order valence-corrected chi connectivity index (χ4v) is 2.36. The van der Waals surface area contributed by atoms with Gasteiger partial charge in [-0.25, -0.2) is 0 Å². The third-order valence-electron chi connectivity index (χ3n) is 3.48. The number of benzene rings is 1. The lowest BCUT2D eigenvalue weighted by atomic mass is 9.86. The normalized spacial score (nSPS) is 16.1. The summed E-state index contributed by atoms with van der Waals surface area (Å²) in [5.74, 6) is 0. The fraction of sp³-hybridized carbons (Fsp3) is 0.571. The van der Waals surface area contributed by atoms with E-state index in [4.69, 9.17) is 0 Å². The summed E-state index contributed by atoms with van der Waals surface area (Å²) in [7, 11) is 0. The summed E-state index contributed by atoms with van der Waals surface area (Å²) in [5, 5.41) is 11.2. The van der Waals surface area contributed by atoms with Gasteiger partial charge in [-0.2, -0.15) is 0 Å². The van der Waals surface area contributed by atoms with Crippen molar-refractivity contribution in [1.82, 2.24) is 0 Å². The number of anilines is 1. The minimum absolute atomic E-state index is 0.0612. The molecule has 4 heteroatoms. The average Bonchev–Trinajstić information content (AvgIpc) is 2.80. The summed E-state index contributed by atoms with van der Waals surface area (Å²) in [4.78, 5) is 13.1. The third kappa shape index (κ3) is 2.47. The van der Waals surface area contributed by atoms with Crippen LogP contribution in [0.4, 0.5) is 11.4 Å². The molecule has 1 aromatic carbocycles. The van der Waals surface area contributed by atoms with Crippen molar-refractivity contribution < 1.29 is 4.92 Å². The summed E-state index contributed by atoms with van der Waals surface area (Å²) in [5.41, 5.74) is 1.96. The van der Waals surface area contributed by atoms with Crippen molar-refractivity contribution in [3.63, 3.8) is 0 Å². The Morgan fingerprint density at radius 2 is 1.83 bits per heavy atom. The molecule has 1 aliphatic heterocycles. The van der Waals surface area contributed by atoms with E-state index < -0.39 is 0 Å². The molecular formula is C14H20N2O2. The maximum Gasteiger partial charge on any atom is 0.292 e. The van der Waals surface area contributed by atoms with Crippen LogP contribution in [0.1, 0.15) is 39.2 Å². The van der Waals surface area contributed by atoms with Gasteiger partial charge in [0.1, 0.15) is 5.69 Å². The average molecular weight is 248 g/mol. The highest BCUT2D eigenvalue weighted by molar-refractivity contribution is 5.65. The molecule has 0 spiro atoms. The van der Waals surface area contributed by atoms with E-state index in [1.54, 1.807) is 6.07 Å². The quantitative estimate of drug-likeness (QED) is 0.594. The molecule has 18 heavy (non-hydrogen) atoms. The molecule has 0 amide bonds. The molecule has 98 valence electrons.